The van der Waals surface area contributed by atoms with Crippen molar-refractivity contribution in [1.82, 2.24) is 4.98 Å². The van der Waals surface area contributed by atoms with Crippen molar-refractivity contribution in [2.45, 2.75) is 58.3 Å². The van der Waals surface area contributed by atoms with Gasteiger partial charge in [-0.1, -0.05) is 38.1 Å². The lowest BCUT2D eigenvalue weighted by Gasteiger charge is -2.13. The van der Waals surface area contributed by atoms with E-state index in [1.54, 1.807) is 0 Å². The maximum Gasteiger partial charge on any atom is 0.357 e. The summed E-state index contributed by atoms with van der Waals surface area (Å²) >= 11 is 1.30. The Bertz CT molecular complexity index is 933. The highest BCUT2D eigenvalue weighted by atomic mass is 32.1. The van der Waals surface area contributed by atoms with Gasteiger partial charge in [0.15, 0.2) is 10.8 Å². The van der Waals surface area contributed by atoms with E-state index in [1.165, 1.54) is 18.4 Å². The summed E-state index contributed by atoms with van der Waals surface area (Å²) in [6.07, 6.45) is 3.44. The van der Waals surface area contributed by atoms with E-state index in [4.69, 9.17) is 4.74 Å². The monoisotopic (exact) mass is 428 g/mol. The molecule has 1 amide bonds. The highest BCUT2D eigenvalue weighted by molar-refractivity contribution is 7.16. The Kier molecular flexibility index (Phi) is 7.02. The molecule has 160 valence electrons. The zero-order chi connectivity index (χ0) is 21.8. The Morgan fingerprint density at radius 1 is 1.23 bits per heavy atom. The van der Waals surface area contributed by atoms with Crippen molar-refractivity contribution in [3.8, 4) is 0 Å². The molecule has 0 spiro atoms. The van der Waals surface area contributed by atoms with E-state index >= 15 is 0 Å². The minimum absolute atomic E-state index is 0.0963. The fraction of sp³-hybridized carbons (Fsp3) is 0.478. The summed E-state index contributed by atoms with van der Waals surface area (Å²) in [5.41, 5.74) is 2.27. The molecule has 6 nitrogen and oxygen atoms in total. The molecule has 1 N–H and O–H groups in total. The van der Waals surface area contributed by atoms with Crippen LogP contribution in [0, 0.1) is 5.92 Å². The summed E-state index contributed by atoms with van der Waals surface area (Å²) in [5, 5.41) is 3.23. The SMILES string of the molecule is COC(=O)c1nc(NC(=O)[C@H](C)c2ccc(C[C@H]3CCCC3=O)cc2)sc1C(C)C. The number of carbonyl (C=O) groups is 3. The van der Waals surface area contributed by atoms with Crippen LogP contribution in [-0.4, -0.2) is 29.8 Å². The van der Waals surface area contributed by atoms with Gasteiger partial charge in [-0.3, -0.25) is 9.59 Å². The van der Waals surface area contributed by atoms with Gasteiger partial charge in [0.05, 0.1) is 13.0 Å². The number of aromatic nitrogens is 1. The Labute approximate surface area is 181 Å². The molecular weight excluding hydrogens is 400 g/mol. The topological polar surface area (TPSA) is 85.4 Å². The molecule has 1 aliphatic rings. The molecule has 1 aliphatic carbocycles. The summed E-state index contributed by atoms with van der Waals surface area (Å²) < 4.78 is 4.80. The average Bonchev–Trinajstić information content (AvgIpc) is 3.34. The van der Waals surface area contributed by atoms with Crippen LogP contribution >= 0.6 is 11.3 Å². The van der Waals surface area contributed by atoms with Crippen LogP contribution in [0.5, 0.6) is 0 Å². The first-order valence-corrected chi connectivity index (χ1v) is 11.1. The van der Waals surface area contributed by atoms with Crippen LogP contribution in [0.4, 0.5) is 5.13 Å². The van der Waals surface area contributed by atoms with E-state index < -0.39 is 5.97 Å². The minimum atomic E-state index is -0.500. The molecule has 1 heterocycles. The average molecular weight is 429 g/mol. The van der Waals surface area contributed by atoms with Crippen LogP contribution in [0.1, 0.15) is 78.4 Å². The second-order valence-electron chi connectivity index (χ2n) is 8.09. The molecule has 2 aromatic rings. The van der Waals surface area contributed by atoms with Gasteiger partial charge >= 0.3 is 5.97 Å². The van der Waals surface area contributed by atoms with Gasteiger partial charge < -0.3 is 10.1 Å². The number of nitrogens with zero attached hydrogens (tertiary/aromatic N) is 1. The highest BCUT2D eigenvalue weighted by Gasteiger charge is 2.25. The Hall–Kier alpha value is -2.54. The number of anilines is 1. The molecule has 0 unspecified atom stereocenters. The highest BCUT2D eigenvalue weighted by Crippen LogP contribution is 2.31. The molecule has 1 aromatic carbocycles. The van der Waals surface area contributed by atoms with Gasteiger partial charge in [-0.05, 0) is 43.2 Å². The van der Waals surface area contributed by atoms with Gasteiger partial charge in [-0.2, -0.15) is 0 Å². The third-order valence-corrected chi connectivity index (χ3v) is 6.84. The molecule has 0 saturated heterocycles. The first kappa shape index (κ1) is 22.2. The summed E-state index contributed by atoms with van der Waals surface area (Å²) in [6, 6.07) is 7.89. The quantitative estimate of drug-likeness (QED) is 0.646. The second kappa shape index (κ2) is 9.51. The maximum absolute atomic E-state index is 12.7. The van der Waals surface area contributed by atoms with Crippen molar-refractivity contribution >= 4 is 34.1 Å². The number of amides is 1. The van der Waals surface area contributed by atoms with Gasteiger partial charge in [0, 0.05) is 17.2 Å². The molecule has 2 atom stereocenters. The Balaban J connectivity index is 1.67. The maximum atomic E-state index is 12.7. The van der Waals surface area contributed by atoms with Gasteiger partial charge in [0.2, 0.25) is 5.91 Å². The molecule has 7 heteroatoms. The van der Waals surface area contributed by atoms with E-state index in [2.05, 4.69) is 10.3 Å². The van der Waals surface area contributed by atoms with Crippen LogP contribution < -0.4 is 5.32 Å². The fourth-order valence-corrected chi connectivity index (χ4v) is 4.67. The van der Waals surface area contributed by atoms with E-state index in [0.29, 0.717) is 17.3 Å². The van der Waals surface area contributed by atoms with E-state index in [1.807, 2.05) is 45.0 Å². The zero-order valence-corrected chi connectivity index (χ0v) is 18.7. The van der Waals surface area contributed by atoms with Crippen LogP contribution in [0.2, 0.25) is 0 Å². The summed E-state index contributed by atoms with van der Waals surface area (Å²) in [4.78, 5) is 41.6. The lowest BCUT2D eigenvalue weighted by molar-refractivity contribution is -0.120. The van der Waals surface area contributed by atoms with Crippen molar-refractivity contribution in [1.29, 1.82) is 0 Å². The molecule has 3 rings (SSSR count). The number of carbonyl (C=O) groups excluding carboxylic acids is 3. The number of rotatable bonds is 7. The largest absolute Gasteiger partial charge is 0.464 e. The molecule has 30 heavy (non-hydrogen) atoms. The van der Waals surface area contributed by atoms with Crippen LogP contribution in [0.15, 0.2) is 24.3 Å². The second-order valence-corrected chi connectivity index (χ2v) is 9.12. The number of ether oxygens (including phenoxy) is 1. The number of methoxy groups -OCH3 is 1. The molecule has 1 fully saturated rings. The van der Waals surface area contributed by atoms with E-state index in [9.17, 15) is 14.4 Å². The molecule has 0 radical (unpaired) electrons. The number of ketones is 1. The standard InChI is InChI=1S/C23H28N2O4S/c1-13(2)20-19(22(28)29-4)24-23(30-20)25-21(27)14(3)16-10-8-15(9-11-16)12-17-6-5-7-18(17)26/h8-11,13-14,17H,5-7,12H2,1-4H3,(H,24,25,27)/t14-,17-/m1/s1. The fourth-order valence-electron chi connectivity index (χ4n) is 3.72. The predicted molar refractivity (Wildman–Crippen MR) is 117 cm³/mol. The number of hydrogen-bond acceptors (Lipinski definition) is 6. The number of esters is 1. The van der Waals surface area contributed by atoms with Gasteiger partial charge in [0.25, 0.3) is 0 Å². The number of hydrogen-bond donors (Lipinski definition) is 1. The first-order chi connectivity index (χ1) is 14.3. The molecular formula is C23H28N2O4S. The summed E-state index contributed by atoms with van der Waals surface area (Å²) in [5.74, 6) is -0.462. The van der Waals surface area contributed by atoms with Crippen LogP contribution in [-0.2, 0) is 20.7 Å². The lowest BCUT2D eigenvalue weighted by Crippen LogP contribution is -2.19. The normalized spacial score (nSPS) is 17.2. The zero-order valence-electron chi connectivity index (χ0n) is 17.9. The van der Waals surface area contributed by atoms with E-state index in [-0.39, 0.29) is 29.4 Å². The Morgan fingerprint density at radius 2 is 1.93 bits per heavy atom. The smallest absolute Gasteiger partial charge is 0.357 e. The Morgan fingerprint density at radius 3 is 2.50 bits per heavy atom. The number of nitrogens with one attached hydrogen (secondary N) is 1. The predicted octanol–water partition coefficient (Wildman–Crippen LogP) is 4.71. The van der Waals surface area contributed by atoms with Crippen LogP contribution in [0.25, 0.3) is 0 Å². The van der Waals surface area contributed by atoms with Gasteiger partial charge in [0.1, 0.15) is 5.78 Å². The number of thiazole rings is 1. The summed E-state index contributed by atoms with van der Waals surface area (Å²) in [7, 11) is 1.32. The molecule has 1 aromatic heterocycles. The third kappa shape index (κ3) is 4.95. The van der Waals surface area contributed by atoms with Crippen LogP contribution in [0.3, 0.4) is 0 Å². The van der Waals surface area contributed by atoms with Gasteiger partial charge in [-0.25, -0.2) is 9.78 Å². The number of benzene rings is 1. The van der Waals surface area contributed by atoms with Gasteiger partial charge in [-0.15, -0.1) is 11.3 Å². The molecule has 1 saturated carbocycles. The first-order valence-electron chi connectivity index (χ1n) is 10.3. The van der Waals surface area contributed by atoms with Crippen molar-refractivity contribution in [3.05, 3.63) is 46.0 Å². The number of Topliss-reactive ketones (excluding diaryl/α,β-unsaturated/α-hetero) is 1. The van der Waals surface area contributed by atoms with Crippen molar-refractivity contribution < 1.29 is 19.1 Å². The van der Waals surface area contributed by atoms with Crippen molar-refractivity contribution in [3.63, 3.8) is 0 Å². The molecule has 0 aliphatic heterocycles. The van der Waals surface area contributed by atoms with E-state index in [0.717, 1.165) is 35.3 Å². The van der Waals surface area contributed by atoms with Crippen molar-refractivity contribution in [2.75, 3.05) is 12.4 Å². The lowest BCUT2D eigenvalue weighted by atomic mass is 9.94. The summed E-state index contributed by atoms with van der Waals surface area (Å²) in [6.45, 7) is 5.77. The third-order valence-electron chi connectivity index (χ3n) is 5.57. The van der Waals surface area contributed by atoms with Crippen molar-refractivity contribution in [2.24, 2.45) is 5.92 Å². The minimum Gasteiger partial charge on any atom is -0.464 e. The molecule has 0 bridgehead atoms.